The number of nitrogens with zero attached hydrogens (tertiary/aromatic N) is 1. The summed E-state index contributed by atoms with van der Waals surface area (Å²) in [5, 5.41) is 5.34. The molecule has 25 heavy (non-hydrogen) atoms. The Morgan fingerprint density at radius 2 is 1.84 bits per heavy atom. The van der Waals surface area contributed by atoms with Gasteiger partial charge in [-0.15, -0.1) is 0 Å². The van der Waals surface area contributed by atoms with Crippen LogP contribution in [0.4, 0.5) is 0 Å². The number of para-hydroxylation sites is 1. The molecule has 1 heterocycles. The van der Waals surface area contributed by atoms with Crippen molar-refractivity contribution >= 4 is 11.8 Å². The summed E-state index contributed by atoms with van der Waals surface area (Å²) in [7, 11) is 0. The van der Waals surface area contributed by atoms with Gasteiger partial charge in [0.2, 0.25) is 17.7 Å². The van der Waals surface area contributed by atoms with E-state index in [2.05, 4.69) is 15.6 Å². The molecule has 0 aliphatic carbocycles. The zero-order chi connectivity index (χ0) is 18.4. The third-order valence-electron chi connectivity index (χ3n) is 3.72. The van der Waals surface area contributed by atoms with E-state index in [0.717, 1.165) is 22.4 Å². The highest BCUT2D eigenvalue weighted by molar-refractivity contribution is 5.86. The van der Waals surface area contributed by atoms with Crippen LogP contribution in [-0.4, -0.2) is 22.8 Å². The van der Waals surface area contributed by atoms with Gasteiger partial charge in [-0.25, -0.2) is 4.98 Å². The Bertz CT molecular complexity index is 754. The van der Waals surface area contributed by atoms with Crippen molar-refractivity contribution in [2.75, 3.05) is 0 Å². The minimum atomic E-state index is -0.600. The number of aromatic nitrogens is 1. The highest BCUT2D eigenvalue weighted by Gasteiger charge is 2.15. The van der Waals surface area contributed by atoms with Crippen molar-refractivity contribution in [3.63, 3.8) is 0 Å². The maximum absolute atomic E-state index is 12.0. The monoisotopic (exact) mass is 341 g/mol. The molecule has 1 aromatic carbocycles. The van der Waals surface area contributed by atoms with Gasteiger partial charge in [-0.2, -0.15) is 0 Å². The first kappa shape index (κ1) is 18.4. The number of benzene rings is 1. The van der Waals surface area contributed by atoms with Crippen molar-refractivity contribution in [2.45, 2.75) is 40.3 Å². The Morgan fingerprint density at radius 3 is 2.48 bits per heavy atom. The maximum atomic E-state index is 12.0. The zero-order valence-corrected chi connectivity index (χ0v) is 14.9. The number of hydrogen-bond donors (Lipinski definition) is 2. The standard InChI is InChI=1S/C19H23N3O3/c1-12-7-5-8-13(2)17(12)25-19-16(9-6-10-20-19)11-21-18(24)14(3)22-15(4)23/h5-10,14H,11H2,1-4H3,(H,21,24)(H,22,23)/t14-/m0/s1. The number of rotatable bonds is 6. The molecule has 0 unspecified atom stereocenters. The molecule has 132 valence electrons. The summed E-state index contributed by atoms with van der Waals surface area (Å²) in [6.07, 6.45) is 1.65. The maximum Gasteiger partial charge on any atom is 0.242 e. The minimum Gasteiger partial charge on any atom is -0.438 e. The minimum absolute atomic E-state index is 0.247. The van der Waals surface area contributed by atoms with Crippen LogP contribution in [0.1, 0.15) is 30.5 Å². The van der Waals surface area contributed by atoms with E-state index in [1.807, 2.05) is 38.1 Å². The highest BCUT2D eigenvalue weighted by Crippen LogP contribution is 2.29. The molecule has 0 spiro atoms. The van der Waals surface area contributed by atoms with Gasteiger partial charge < -0.3 is 15.4 Å². The van der Waals surface area contributed by atoms with Crippen LogP contribution < -0.4 is 15.4 Å². The molecule has 2 N–H and O–H groups in total. The van der Waals surface area contributed by atoms with Crippen molar-refractivity contribution in [2.24, 2.45) is 0 Å². The lowest BCUT2D eigenvalue weighted by molar-refractivity contribution is -0.127. The number of pyridine rings is 1. The second-order valence-electron chi connectivity index (χ2n) is 5.93. The predicted octanol–water partition coefficient (Wildman–Crippen LogP) is 2.63. The Labute approximate surface area is 147 Å². The average molecular weight is 341 g/mol. The van der Waals surface area contributed by atoms with E-state index in [0.29, 0.717) is 5.88 Å². The third-order valence-corrected chi connectivity index (χ3v) is 3.72. The first-order valence-electron chi connectivity index (χ1n) is 8.11. The van der Waals surface area contributed by atoms with Gasteiger partial charge in [0, 0.05) is 25.2 Å². The Hall–Kier alpha value is -2.89. The number of carbonyl (C=O) groups excluding carboxylic acids is 2. The van der Waals surface area contributed by atoms with E-state index in [9.17, 15) is 9.59 Å². The molecule has 1 aromatic heterocycles. The fourth-order valence-corrected chi connectivity index (χ4v) is 2.41. The molecule has 6 heteroatoms. The summed E-state index contributed by atoms with van der Waals surface area (Å²) in [5.74, 6) is 0.702. The molecule has 6 nitrogen and oxygen atoms in total. The van der Waals surface area contributed by atoms with Crippen molar-refractivity contribution < 1.29 is 14.3 Å². The molecule has 1 atom stereocenters. The highest BCUT2D eigenvalue weighted by atomic mass is 16.5. The number of amides is 2. The van der Waals surface area contributed by atoms with Crippen LogP contribution in [0.2, 0.25) is 0 Å². The van der Waals surface area contributed by atoms with Gasteiger partial charge in [0.25, 0.3) is 0 Å². The van der Waals surface area contributed by atoms with Gasteiger partial charge in [-0.05, 0) is 38.0 Å². The largest absolute Gasteiger partial charge is 0.438 e. The molecule has 0 fully saturated rings. The Kier molecular flexibility index (Phi) is 6.11. The lowest BCUT2D eigenvalue weighted by Crippen LogP contribution is -2.43. The van der Waals surface area contributed by atoms with Crippen LogP contribution in [0.25, 0.3) is 0 Å². The van der Waals surface area contributed by atoms with Crippen molar-refractivity contribution in [3.8, 4) is 11.6 Å². The van der Waals surface area contributed by atoms with Crippen LogP contribution in [0.3, 0.4) is 0 Å². The number of carbonyl (C=O) groups is 2. The molecule has 0 saturated carbocycles. The van der Waals surface area contributed by atoms with E-state index in [4.69, 9.17) is 4.74 Å². The van der Waals surface area contributed by atoms with Gasteiger partial charge in [-0.3, -0.25) is 9.59 Å². The summed E-state index contributed by atoms with van der Waals surface area (Å²) < 4.78 is 6.00. The Morgan fingerprint density at radius 1 is 1.16 bits per heavy atom. The van der Waals surface area contributed by atoms with E-state index in [1.54, 1.807) is 19.2 Å². The SMILES string of the molecule is CC(=O)N[C@@H](C)C(=O)NCc1cccnc1Oc1c(C)cccc1C. The van der Waals surface area contributed by atoms with Crippen molar-refractivity contribution in [1.29, 1.82) is 0 Å². The number of hydrogen-bond acceptors (Lipinski definition) is 4. The Balaban J connectivity index is 2.11. The molecule has 0 radical (unpaired) electrons. The average Bonchev–Trinajstić information content (AvgIpc) is 2.56. The van der Waals surface area contributed by atoms with Crippen LogP contribution in [0.5, 0.6) is 11.6 Å². The van der Waals surface area contributed by atoms with E-state index in [-0.39, 0.29) is 18.4 Å². The molecule has 0 saturated heterocycles. The van der Waals surface area contributed by atoms with E-state index in [1.165, 1.54) is 6.92 Å². The predicted molar refractivity (Wildman–Crippen MR) is 95.4 cm³/mol. The van der Waals surface area contributed by atoms with Gasteiger partial charge in [-0.1, -0.05) is 24.3 Å². The lowest BCUT2D eigenvalue weighted by atomic mass is 10.1. The molecule has 2 amide bonds. The van der Waals surface area contributed by atoms with Crippen LogP contribution in [0.15, 0.2) is 36.5 Å². The number of aryl methyl sites for hydroxylation is 2. The van der Waals surface area contributed by atoms with Gasteiger partial charge in [0.05, 0.1) is 0 Å². The van der Waals surface area contributed by atoms with Crippen LogP contribution in [0, 0.1) is 13.8 Å². The van der Waals surface area contributed by atoms with Crippen LogP contribution >= 0.6 is 0 Å². The molecule has 0 aliphatic rings. The molecular weight excluding hydrogens is 318 g/mol. The summed E-state index contributed by atoms with van der Waals surface area (Å²) in [4.78, 5) is 27.4. The summed E-state index contributed by atoms with van der Waals surface area (Å²) in [6.45, 7) is 7.22. The normalized spacial score (nSPS) is 11.5. The molecule has 0 bridgehead atoms. The molecular formula is C19H23N3O3. The van der Waals surface area contributed by atoms with Gasteiger partial charge in [0.15, 0.2) is 0 Å². The molecule has 2 rings (SSSR count). The molecule has 0 aliphatic heterocycles. The summed E-state index contributed by atoms with van der Waals surface area (Å²) in [6, 6.07) is 8.96. The van der Waals surface area contributed by atoms with Crippen LogP contribution in [-0.2, 0) is 16.1 Å². The van der Waals surface area contributed by atoms with E-state index >= 15 is 0 Å². The first-order chi connectivity index (χ1) is 11.9. The topological polar surface area (TPSA) is 80.3 Å². The number of nitrogens with one attached hydrogen (secondary N) is 2. The van der Waals surface area contributed by atoms with Gasteiger partial charge >= 0.3 is 0 Å². The molecule has 2 aromatic rings. The summed E-state index contributed by atoms with van der Waals surface area (Å²) in [5.41, 5.74) is 2.79. The number of ether oxygens (including phenoxy) is 1. The fraction of sp³-hybridized carbons (Fsp3) is 0.316. The zero-order valence-electron chi connectivity index (χ0n) is 14.9. The second-order valence-corrected chi connectivity index (χ2v) is 5.93. The fourth-order valence-electron chi connectivity index (χ4n) is 2.41. The van der Waals surface area contributed by atoms with Crippen molar-refractivity contribution in [3.05, 3.63) is 53.2 Å². The first-order valence-corrected chi connectivity index (χ1v) is 8.11. The summed E-state index contributed by atoms with van der Waals surface area (Å²) >= 11 is 0. The van der Waals surface area contributed by atoms with Crippen molar-refractivity contribution in [1.82, 2.24) is 15.6 Å². The second kappa shape index (κ2) is 8.28. The smallest absolute Gasteiger partial charge is 0.242 e. The van der Waals surface area contributed by atoms with E-state index < -0.39 is 6.04 Å². The third kappa shape index (κ3) is 5.04. The lowest BCUT2D eigenvalue weighted by Gasteiger charge is -2.15. The quantitative estimate of drug-likeness (QED) is 0.846. The van der Waals surface area contributed by atoms with Gasteiger partial charge in [0.1, 0.15) is 11.8 Å².